The molecule has 0 amide bonds. The summed E-state index contributed by atoms with van der Waals surface area (Å²) in [4.78, 5) is 0. The first-order valence-electron chi connectivity index (χ1n) is 7.74. The molecule has 0 fully saturated rings. The summed E-state index contributed by atoms with van der Waals surface area (Å²) in [5.74, 6) is 0.917. The zero-order valence-electron chi connectivity index (χ0n) is 13.7. The Labute approximate surface area is 128 Å². The molecule has 0 aromatic heterocycles. The van der Waals surface area contributed by atoms with Crippen LogP contribution < -0.4 is 10.1 Å². The van der Waals surface area contributed by atoms with Crippen LogP contribution in [-0.4, -0.2) is 39.6 Å². The maximum Gasteiger partial charge on any atom is 0.119 e. The maximum absolute atomic E-state index is 5.68. The minimum absolute atomic E-state index is 0.203. The summed E-state index contributed by atoms with van der Waals surface area (Å²) < 4.78 is 16.2. The number of rotatable bonds is 11. The van der Waals surface area contributed by atoms with E-state index in [1.807, 2.05) is 26.0 Å². The molecule has 1 N–H and O–H groups in total. The monoisotopic (exact) mass is 295 g/mol. The van der Waals surface area contributed by atoms with Crippen molar-refractivity contribution in [3.8, 4) is 5.75 Å². The highest BCUT2D eigenvalue weighted by Gasteiger charge is 2.10. The average Bonchev–Trinajstić information content (AvgIpc) is 2.46. The summed E-state index contributed by atoms with van der Waals surface area (Å²) in [7, 11) is 1.69. The quantitative estimate of drug-likeness (QED) is 0.637. The van der Waals surface area contributed by atoms with Crippen LogP contribution in [0.1, 0.15) is 38.8 Å². The molecule has 1 atom stereocenters. The van der Waals surface area contributed by atoms with Crippen molar-refractivity contribution in [2.24, 2.45) is 0 Å². The fourth-order valence-electron chi connectivity index (χ4n) is 2.13. The molecule has 0 radical (unpaired) electrons. The van der Waals surface area contributed by atoms with E-state index < -0.39 is 0 Å². The molecule has 4 heteroatoms. The van der Waals surface area contributed by atoms with Crippen molar-refractivity contribution >= 4 is 0 Å². The predicted molar refractivity (Wildman–Crippen MR) is 85.9 cm³/mol. The Balaban J connectivity index is 2.50. The molecular weight excluding hydrogens is 266 g/mol. The highest BCUT2D eigenvalue weighted by atomic mass is 16.5. The smallest absolute Gasteiger partial charge is 0.119 e. The SMILES string of the molecule is CCNC(CCOCCOC)c1ccc(OC(C)C)cc1. The van der Waals surface area contributed by atoms with Crippen LogP contribution in [0.3, 0.4) is 0 Å². The Bertz CT molecular complexity index is 365. The summed E-state index contributed by atoms with van der Waals surface area (Å²) in [6.45, 7) is 9.15. The Morgan fingerprint density at radius 3 is 2.33 bits per heavy atom. The summed E-state index contributed by atoms with van der Waals surface area (Å²) in [6, 6.07) is 8.63. The maximum atomic E-state index is 5.68. The van der Waals surface area contributed by atoms with Crippen molar-refractivity contribution in [3.05, 3.63) is 29.8 Å². The van der Waals surface area contributed by atoms with Crippen molar-refractivity contribution in [2.45, 2.75) is 39.3 Å². The largest absolute Gasteiger partial charge is 0.491 e. The minimum Gasteiger partial charge on any atom is -0.491 e. The van der Waals surface area contributed by atoms with E-state index in [1.54, 1.807) is 7.11 Å². The zero-order valence-corrected chi connectivity index (χ0v) is 13.7. The van der Waals surface area contributed by atoms with Crippen LogP contribution in [-0.2, 0) is 9.47 Å². The second kappa shape index (κ2) is 10.6. The van der Waals surface area contributed by atoms with E-state index in [9.17, 15) is 0 Å². The van der Waals surface area contributed by atoms with E-state index in [-0.39, 0.29) is 6.10 Å². The van der Waals surface area contributed by atoms with Crippen LogP contribution in [0.4, 0.5) is 0 Å². The number of ether oxygens (including phenoxy) is 3. The van der Waals surface area contributed by atoms with Crippen LogP contribution in [0.5, 0.6) is 5.75 Å². The predicted octanol–water partition coefficient (Wildman–Crippen LogP) is 3.18. The normalized spacial score (nSPS) is 12.6. The van der Waals surface area contributed by atoms with E-state index in [0.717, 1.165) is 25.3 Å². The summed E-state index contributed by atoms with van der Waals surface area (Å²) in [5, 5.41) is 3.50. The molecule has 0 spiro atoms. The lowest BCUT2D eigenvalue weighted by Gasteiger charge is -2.19. The number of benzene rings is 1. The summed E-state index contributed by atoms with van der Waals surface area (Å²) in [6.07, 6.45) is 1.15. The molecule has 120 valence electrons. The first-order chi connectivity index (χ1) is 10.2. The average molecular weight is 295 g/mol. The minimum atomic E-state index is 0.203. The first-order valence-corrected chi connectivity index (χ1v) is 7.74. The van der Waals surface area contributed by atoms with Gasteiger partial charge >= 0.3 is 0 Å². The molecule has 1 aromatic carbocycles. The van der Waals surface area contributed by atoms with Crippen molar-refractivity contribution in [2.75, 3.05) is 33.5 Å². The fraction of sp³-hybridized carbons (Fsp3) is 0.647. The van der Waals surface area contributed by atoms with Gasteiger partial charge in [-0.3, -0.25) is 0 Å². The zero-order chi connectivity index (χ0) is 15.5. The van der Waals surface area contributed by atoms with Crippen LogP contribution in [0, 0.1) is 0 Å². The molecule has 0 heterocycles. The number of hydrogen-bond donors (Lipinski definition) is 1. The first kappa shape index (κ1) is 18.0. The highest BCUT2D eigenvalue weighted by molar-refractivity contribution is 5.29. The summed E-state index contributed by atoms with van der Waals surface area (Å²) in [5.41, 5.74) is 1.27. The molecule has 1 aromatic rings. The molecule has 1 unspecified atom stereocenters. The number of methoxy groups -OCH3 is 1. The van der Waals surface area contributed by atoms with Crippen molar-refractivity contribution in [1.82, 2.24) is 5.32 Å². The third-order valence-corrected chi connectivity index (χ3v) is 3.09. The van der Waals surface area contributed by atoms with E-state index in [0.29, 0.717) is 19.3 Å². The Hall–Kier alpha value is -1.10. The van der Waals surface area contributed by atoms with Gasteiger partial charge in [0.1, 0.15) is 5.75 Å². The second-order valence-corrected chi connectivity index (χ2v) is 5.24. The third kappa shape index (κ3) is 7.46. The van der Waals surface area contributed by atoms with Crippen LogP contribution >= 0.6 is 0 Å². The van der Waals surface area contributed by atoms with Crippen LogP contribution in [0.25, 0.3) is 0 Å². The molecule has 0 saturated heterocycles. The van der Waals surface area contributed by atoms with E-state index in [2.05, 4.69) is 24.4 Å². The van der Waals surface area contributed by atoms with Gasteiger partial charge in [-0.2, -0.15) is 0 Å². The number of nitrogens with one attached hydrogen (secondary N) is 1. The molecule has 0 aliphatic carbocycles. The topological polar surface area (TPSA) is 39.7 Å². The standard InChI is InChI=1S/C17H29NO3/c1-5-18-17(10-11-20-13-12-19-4)15-6-8-16(9-7-15)21-14(2)3/h6-9,14,17-18H,5,10-13H2,1-4H3. The van der Waals surface area contributed by atoms with Gasteiger partial charge in [-0.1, -0.05) is 19.1 Å². The van der Waals surface area contributed by atoms with Crippen molar-refractivity contribution in [3.63, 3.8) is 0 Å². The van der Waals surface area contributed by atoms with Crippen LogP contribution in [0.2, 0.25) is 0 Å². The van der Waals surface area contributed by atoms with Gasteiger partial charge in [0.25, 0.3) is 0 Å². The molecular formula is C17H29NO3. The molecule has 21 heavy (non-hydrogen) atoms. The van der Waals surface area contributed by atoms with Gasteiger partial charge in [0, 0.05) is 19.8 Å². The lowest BCUT2D eigenvalue weighted by molar-refractivity contribution is 0.0658. The van der Waals surface area contributed by atoms with Crippen molar-refractivity contribution < 1.29 is 14.2 Å². The lowest BCUT2D eigenvalue weighted by atomic mass is 10.0. The Kier molecular flexibility index (Phi) is 9.06. The van der Waals surface area contributed by atoms with Gasteiger partial charge in [0.15, 0.2) is 0 Å². The molecule has 4 nitrogen and oxygen atoms in total. The van der Waals surface area contributed by atoms with E-state index in [4.69, 9.17) is 14.2 Å². The summed E-state index contributed by atoms with van der Waals surface area (Å²) >= 11 is 0. The van der Waals surface area contributed by atoms with Gasteiger partial charge in [0.05, 0.1) is 19.3 Å². The lowest BCUT2D eigenvalue weighted by Crippen LogP contribution is -2.22. The van der Waals surface area contributed by atoms with E-state index in [1.165, 1.54) is 5.56 Å². The van der Waals surface area contributed by atoms with Crippen LogP contribution in [0.15, 0.2) is 24.3 Å². The van der Waals surface area contributed by atoms with Gasteiger partial charge in [-0.05, 0) is 44.5 Å². The third-order valence-electron chi connectivity index (χ3n) is 3.09. The molecule has 0 aliphatic heterocycles. The second-order valence-electron chi connectivity index (χ2n) is 5.24. The molecule has 1 rings (SSSR count). The van der Waals surface area contributed by atoms with E-state index >= 15 is 0 Å². The highest BCUT2D eigenvalue weighted by Crippen LogP contribution is 2.21. The molecule has 0 bridgehead atoms. The molecule has 0 aliphatic rings. The van der Waals surface area contributed by atoms with Gasteiger partial charge < -0.3 is 19.5 Å². The van der Waals surface area contributed by atoms with Crippen molar-refractivity contribution in [1.29, 1.82) is 0 Å². The number of hydrogen-bond acceptors (Lipinski definition) is 4. The Morgan fingerprint density at radius 1 is 1.05 bits per heavy atom. The van der Waals surface area contributed by atoms with Gasteiger partial charge in [0.2, 0.25) is 0 Å². The van der Waals surface area contributed by atoms with Gasteiger partial charge in [-0.15, -0.1) is 0 Å². The molecule has 0 saturated carbocycles. The Morgan fingerprint density at radius 2 is 1.76 bits per heavy atom. The van der Waals surface area contributed by atoms with Gasteiger partial charge in [-0.25, -0.2) is 0 Å². The fourth-order valence-corrected chi connectivity index (χ4v) is 2.13.